The Morgan fingerprint density at radius 1 is 0.457 bits per heavy atom. The van der Waals surface area contributed by atoms with E-state index in [4.69, 9.17) is 0 Å². The second-order valence-electron chi connectivity index (χ2n) is 23.7. The molecule has 2 aliphatic carbocycles. The summed E-state index contributed by atoms with van der Waals surface area (Å²) in [5, 5.41) is 0. The molecule has 0 spiro atoms. The van der Waals surface area contributed by atoms with E-state index in [9.17, 15) is 0 Å². The fourth-order valence-corrected chi connectivity index (χ4v) is 12.6. The Kier molecular flexibility index (Phi) is 11.5. The van der Waals surface area contributed by atoms with Crippen LogP contribution in [0.1, 0.15) is 146 Å². The molecule has 0 aromatic heterocycles. The zero-order valence-electron chi connectivity index (χ0n) is 43.2. The molecule has 352 valence electrons. The third kappa shape index (κ3) is 7.89. The van der Waals surface area contributed by atoms with Gasteiger partial charge in [-0.15, -0.1) is 0 Å². The predicted molar refractivity (Wildman–Crippen MR) is 301 cm³/mol. The second kappa shape index (κ2) is 17.5. The summed E-state index contributed by atoms with van der Waals surface area (Å²) in [5.41, 5.74) is 21.0. The van der Waals surface area contributed by atoms with Gasteiger partial charge in [-0.25, -0.2) is 0 Å². The monoisotopic (exact) mass is 915 g/mol. The van der Waals surface area contributed by atoms with Crippen LogP contribution in [0.2, 0.25) is 0 Å². The molecule has 0 bridgehead atoms. The van der Waals surface area contributed by atoms with Crippen LogP contribution in [-0.2, 0) is 21.7 Å². The molecule has 1 unspecified atom stereocenters. The SMILES string of the molecule is CC(C)(C)c1ccc2c(c1)B1c3cc(C(C)(C)c4ccccc4)ccc3N(C3=CCC(C(C)(C)c4ccccc4)C=C3)c3cc(C4CCCCC4)cc(c31)N2c1ccc(C(C)(C)c2ccccc2)cc1. The number of nitrogens with zero attached hydrogens (tertiary/aromatic N) is 2. The maximum absolute atomic E-state index is 2.68. The van der Waals surface area contributed by atoms with Gasteiger partial charge in [0.2, 0.25) is 0 Å². The summed E-state index contributed by atoms with van der Waals surface area (Å²) in [5.74, 6) is 0.902. The summed E-state index contributed by atoms with van der Waals surface area (Å²) >= 11 is 0. The molecule has 3 heteroatoms. The van der Waals surface area contributed by atoms with Gasteiger partial charge in [0.15, 0.2) is 0 Å². The van der Waals surface area contributed by atoms with E-state index in [-0.39, 0.29) is 28.4 Å². The summed E-state index contributed by atoms with van der Waals surface area (Å²) in [6, 6.07) is 63.0. The highest BCUT2D eigenvalue weighted by atomic mass is 15.2. The lowest BCUT2D eigenvalue weighted by Crippen LogP contribution is -2.62. The van der Waals surface area contributed by atoms with Crippen molar-refractivity contribution in [2.45, 2.75) is 128 Å². The zero-order chi connectivity index (χ0) is 48.6. The van der Waals surface area contributed by atoms with Crippen LogP contribution in [0.3, 0.4) is 0 Å². The van der Waals surface area contributed by atoms with Crippen LogP contribution in [0.15, 0.2) is 188 Å². The Balaban J connectivity index is 1.15. The van der Waals surface area contributed by atoms with Crippen molar-refractivity contribution in [3.8, 4) is 0 Å². The number of hydrogen-bond donors (Lipinski definition) is 0. The molecule has 11 rings (SSSR count). The van der Waals surface area contributed by atoms with Crippen molar-refractivity contribution >= 4 is 51.5 Å². The van der Waals surface area contributed by atoms with E-state index in [1.807, 2.05) is 0 Å². The summed E-state index contributed by atoms with van der Waals surface area (Å²) in [7, 11) is 0. The average molecular weight is 915 g/mol. The molecule has 7 aromatic carbocycles. The third-order valence-corrected chi connectivity index (χ3v) is 17.4. The zero-order valence-corrected chi connectivity index (χ0v) is 43.2. The van der Waals surface area contributed by atoms with E-state index in [0.29, 0.717) is 11.8 Å². The van der Waals surface area contributed by atoms with Crippen LogP contribution in [0.5, 0.6) is 0 Å². The molecule has 0 N–H and O–H groups in total. The van der Waals surface area contributed by atoms with E-state index in [2.05, 4.69) is 254 Å². The maximum Gasteiger partial charge on any atom is 0.252 e. The van der Waals surface area contributed by atoms with Gasteiger partial charge in [0.1, 0.15) is 0 Å². The Labute approximate surface area is 420 Å². The largest absolute Gasteiger partial charge is 0.312 e. The van der Waals surface area contributed by atoms with E-state index in [0.717, 1.165) is 6.42 Å². The van der Waals surface area contributed by atoms with E-state index < -0.39 is 0 Å². The van der Waals surface area contributed by atoms with Gasteiger partial charge in [-0.2, -0.15) is 0 Å². The number of anilines is 5. The first-order valence-corrected chi connectivity index (χ1v) is 26.3. The highest BCUT2D eigenvalue weighted by Crippen LogP contribution is 2.49. The van der Waals surface area contributed by atoms with Gasteiger partial charge in [0.25, 0.3) is 6.71 Å². The molecule has 0 radical (unpaired) electrons. The Morgan fingerprint density at radius 2 is 0.943 bits per heavy atom. The molecule has 1 atom stereocenters. The van der Waals surface area contributed by atoms with Crippen molar-refractivity contribution < 1.29 is 0 Å². The smallest absolute Gasteiger partial charge is 0.252 e. The molecule has 2 nitrogen and oxygen atoms in total. The maximum atomic E-state index is 2.68. The number of hydrogen-bond acceptors (Lipinski definition) is 2. The number of fused-ring (bicyclic) bond motifs is 4. The van der Waals surface area contributed by atoms with Crippen LogP contribution in [0, 0.1) is 5.92 Å². The van der Waals surface area contributed by atoms with E-state index in [1.165, 1.54) is 122 Å². The molecular formula is C67H71BN2. The molecule has 0 amide bonds. The van der Waals surface area contributed by atoms with Gasteiger partial charge in [0.05, 0.1) is 0 Å². The van der Waals surface area contributed by atoms with Crippen molar-refractivity contribution in [1.29, 1.82) is 0 Å². The van der Waals surface area contributed by atoms with Gasteiger partial charge in [-0.05, 0) is 140 Å². The van der Waals surface area contributed by atoms with Crippen molar-refractivity contribution in [3.63, 3.8) is 0 Å². The quantitative estimate of drug-likeness (QED) is 0.133. The van der Waals surface area contributed by atoms with Crippen molar-refractivity contribution in [2.24, 2.45) is 5.92 Å². The molecule has 2 aliphatic heterocycles. The molecule has 2 heterocycles. The van der Waals surface area contributed by atoms with Gasteiger partial charge in [-0.3, -0.25) is 0 Å². The minimum atomic E-state index is -0.207. The molecule has 1 saturated carbocycles. The highest BCUT2D eigenvalue weighted by Gasteiger charge is 2.46. The minimum absolute atomic E-state index is 0.0104. The van der Waals surface area contributed by atoms with E-state index >= 15 is 0 Å². The normalized spacial score (nSPS) is 17.2. The first-order valence-electron chi connectivity index (χ1n) is 26.3. The van der Waals surface area contributed by atoms with E-state index in [1.54, 1.807) is 0 Å². The molecule has 7 aromatic rings. The fraction of sp³-hybridized carbons (Fsp3) is 0.313. The summed E-state index contributed by atoms with van der Waals surface area (Å²) < 4.78 is 0. The van der Waals surface area contributed by atoms with Crippen LogP contribution < -0.4 is 26.2 Å². The van der Waals surface area contributed by atoms with Gasteiger partial charge in [0, 0.05) is 45.0 Å². The van der Waals surface area contributed by atoms with Crippen LogP contribution in [0.4, 0.5) is 28.4 Å². The predicted octanol–water partition coefficient (Wildman–Crippen LogP) is 15.9. The number of rotatable bonds is 9. The first-order chi connectivity index (χ1) is 33.6. The number of benzene rings is 7. The summed E-state index contributed by atoms with van der Waals surface area (Å²) in [6.07, 6.45) is 14.9. The van der Waals surface area contributed by atoms with Gasteiger partial charge < -0.3 is 9.80 Å². The Hall–Kier alpha value is -6.32. The second-order valence-corrected chi connectivity index (χ2v) is 23.7. The lowest BCUT2D eigenvalue weighted by atomic mass is 9.33. The molecule has 4 aliphatic rings. The van der Waals surface area contributed by atoms with Crippen molar-refractivity contribution in [1.82, 2.24) is 0 Å². The highest BCUT2D eigenvalue weighted by molar-refractivity contribution is 7.00. The lowest BCUT2D eigenvalue weighted by molar-refractivity contribution is 0.381. The standard InChI is InChI=1S/C67H71BN2/c1-64(2,3)53-34-40-59-57(44-53)68-58-45-54(67(8,9)50-28-20-13-21-29-50)35-41-60(58)70(56-38-32-52(33-39-56)66(6,7)49-26-18-12-19-27-49)62-43-47(46-22-14-10-15-23-46)42-61(63(62)68)69(59)55-36-30-51(31-37-55)65(4,5)48-24-16-11-17-25-48/h11-13,16-21,24-32,34-46,52H,10,14-15,22-23,33H2,1-9H3. The first kappa shape index (κ1) is 46.1. The van der Waals surface area contributed by atoms with Gasteiger partial charge >= 0.3 is 0 Å². The Morgan fingerprint density at radius 3 is 1.50 bits per heavy atom. The number of allylic oxidation sites excluding steroid dienone is 3. The molecular weight excluding hydrogens is 844 g/mol. The molecule has 0 saturated heterocycles. The van der Waals surface area contributed by atoms with Crippen LogP contribution >= 0.6 is 0 Å². The Bertz CT molecular complexity index is 3110. The third-order valence-electron chi connectivity index (χ3n) is 17.4. The minimum Gasteiger partial charge on any atom is -0.312 e. The van der Waals surface area contributed by atoms with Crippen molar-refractivity contribution in [2.75, 3.05) is 9.80 Å². The molecule has 70 heavy (non-hydrogen) atoms. The fourth-order valence-electron chi connectivity index (χ4n) is 12.6. The van der Waals surface area contributed by atoms with Crippen LogP contribution in [0.25, 0.3) is 0 Å². The summed E-state index contributed by atoms with van der Waals surface area (Å²) in [4.78, 5) is 5.33. The average Bonchev–Trinajstić information content (AvgIpc) is 3.39. The van der Waals surface area contributed by atoms with Crippen molar-refractivity contribution in [3.05, 3.63) is 227 Å². The van der Waals surface area contributed by atoms with Crippen LogP contribution in [-0.4, -0.2) is 6.71 Å². The topological polar surface area (TPSA) is 6.48 Å². The van der Waals surface area contributed by atoms with Gasteiger partial charge in [-0.1, -0.05) is 221 Å². The molecule has 1 fully saturated rings. The summed E-state index contributed by atoms with van der Waals surface area (Å²) in [6.45, 7) is 21.5. The lowest BCUT2D eigenvalue weighted by Gasteiger charge is -2.46.